The fraction of sp³-hybridized carbons (Fsp3) is 0.238. The molecule has 10 heteroatoms. The number of methoxy groups -OCH3 is 1. The second-order valence-electron chi connectivity index (χ2n) is 6.46. The molecule has 3 aromatic rings. The zero-order valence-electron chi connectivity index (χ0n) is 17.4. The van der Waals surface area contributed by atoms with E-state index in [9.17, 15) is 13.5 Å². The van der Waals surface area contributed by atoms with Gasteiger partial charge >= 0.3 is 0 Å². The predicted molar refractivity (Wildman–Crippen MR) is 124 cm³/mol. The summed E-state index contributed by atoms with van der Waals surface area (Å²) in [5.41, 5.74) is 4.98. The van der Waals surface area contributed by atoms with Crippen molar-refractivity contribution in [2.75, 3.05) is 25.6 Å². The van der Waals surface area contributed by atoms with Gasteiger partial charge < -0.3 is 9.84 Å². The number of phenolic OH excluding ortho intramolecular Hbond substituents is 1. The number of anilines is 1. The first kappa shape index (κ1) is 22.7. The van der Waals surface area contributed by atoms with Gasteiger partial charge in [-0.1, -0.05) is 26.0 Å². The van der Waals surface area contributed by atoms with Gasteiger partial charge in [0, 0.05) is 24.0 Å². The maximum absolute atomic E-state index is 12.8. The van der Waals surface area contributed by atoms with Crippen LogP contribution in [0.3, 0.4) is 0 Å². The largest absolute Gasteiger partial charge is 0.504 e. The average Bonchev–Trinajstić information content (AvgIpc) is 3.24. The van der Waals surface area contributed by atoms with Gasteiger partial charge in [-0.15, -0.1) is 11.3 Å². The maximum Gasteiger partial charge on any atom is 0.243 e. The van der Waals surface area contributed by atoms with Crippen LogP contribution in [-0.4, -0.2) is 49.2 Å². The van der Waals surface area contributed by atoms with Crippen LogP contribution in [0.15, 0.2) is 57.8 Å². The Morgan fingerprint density at radius 3 is 2.71 bits per heavy atom. The molecule has 0 saturated heterocycles. The topological polar surface area (TPSA) is 104 Å². The van der Waals surface area contributed by atoms with Gasteiger partial charge in [0.05, 0.1) is 23.9 Å². The highest BCUT2D eigenvalue weighted by Crippen LogP contribution is 2.28. The van der Waals surface area contributed by atoms with Crippen LogP contribution in [0.1, 0.15) is 19.4 Å². The number of hydrogen-bond donors (Lipinski definition) is 2. The molecule has 2 aromatic carbocycles. The number of rotatable bonds is 9. The van der Waals surface area contributed by atoms with Crippen LogP contribution in [-0.2, 0) is 10.0 Å². The van der Waals surface area contributed by atoms with Crippen molar-refractivity contribution in [1.29, 1.82) is 0 Å². The normalized spacial score (nSPS) is 11.9. The van der Waals surface area contributed by atoms with E-state index < -0.39 is 10.0 Å². The molecule has 3 rings (SSSR count). The van der Waals surface area contributed by atoms with Crippen LogP contribution in [0.4, 0.5) is 5.13 Å². The van der Waals surface area contributed by atoms with E-state index in [2.05, 4.69) is 15.5 Å². The first-order valence-electron chi connectivity index (χ1n) is 9.61. The lowest BCUT2D eigenvalue weighted by atomic mass is 10.2. The third-order valence-corrected chi connectivity index (χ3v) is 7.35. The molecule has 0 saturated carbocycles. The highest BCUT2D eigenvalue weighted by Gasteiger charge is 2.22. The lowest BCUT2D eigenvalue weighted by Gasteiger charge is -2.18. The van der Waals surface area contributed by atoms with Crippen molar-refractivity contribution in [3.05, 3.63) is 53.4 Å². The summed E-state index contributed by atoms with van der Waals surface area (Å²) < 4.78 is 32.1. The molecule has 164 valence electrons. The molecule has 0 radical (unpaired) electrons. The summed E-state index contributed by atoms with van der Waals surface area (Å²) in [6.45, 7) is 4.47. The van der Waals surface area contributed by atoms with Crippen molar-refractivity contribution >= 4 is 32.7 Å². The van der Waals surface area contributed by atoms with E-state index in [0.29, 0.717) is 35.2 Å². The fourth-order valence-electron chi connectivity index (χ4n) is 2.92. The Kier molecular flexibility index (Phi) is 7.26. The van der Waals surface area contributed by atoms with Crippen molar-refractivity contribution < 1.29 is 18.3 Å². The molecule has 31 heavy (non-hydrogen) atoms. The zero-order valence-corrected chi connectivity index (χ0v) is 19.1. The van der Waals surface area contributed by atoms with Gasteiger partial charge in [-0.3, -0.25) is 5.43 Å². The number of hydrazone groups is 1. The van der Waals surface area contributed by atoms with Crippen LogP contribution in [0.25, 0.3) is 11.3 Å². The van der Waals surface area contributed by atoms with Crippen LogP contribution in [0.2, 0.25) is 0 Å². The summed E-state index contributed by atoms with van der Waals surface area (Å²) in [6.07, 6.45) is 1.58. The standard InChI is InChI=1S/C21H24N4O4S2/c1-4-25(5-2)31(27,28)17-8-6-7-16(12-17)18-14-30-21(23-18)24-22-13-15-9-10-19(26)20(11-15)29-3/h6-14,26H,4-5H2,1-3H3,(H,23,24). The summed E-state index contributed by atoms with van der Waals surface area (Å²) in [6, 6.07) is 11.7. The molecule has 0 aliphatic rings. The van der Waals surface area contributed by atoms with Crippen LogP contribution < -0.4 is 10.2 Å². The van der Waals surface area contributed by atoms with Crippen LogP contribution in [0.5, 0.6) is 11.5 Å². The highest BCUT2D eigenvalue weighted by atomic mass is 32.2. The SMILES string of the molecule is CCN(CC)S(=O)(=O)c1cccc(-c2csc(NN=Cc3ccc(O)c(OC)c3)n2)c1. The summed E-state index contributed by atoms with van der Waals surface area (Å²) >= 11 is 1.36. The monoisotopic (exact) mass is 460 g/mol. The van der Waals surface area contributed by atoms with Crippen molar-refractivity contribution in [1.82, 2.24) is 9.29 Å². The van der Waals surface area contributed by atoms with E-state index in [0.717, 1.165) is 5.56 Å². The molecule has 0 atom stereocenters. The van der Waals surface area contributed by atoms with Crippen molar-refractivity contribution in [3.8, 4) is 22.8 Å². The molecule has 0 aliphatic heterocycles. The Hall–Kier alpha value is -2.95. The molecular weight excluding hydrogens is 436 g/mol. The van der Waals surface area contributed by atoms with Crippen LogP contribution >= 0.6 is 11.3 Å². The summed E-state index contributed by atoms with van der Waals surface area (Å²) in [7, 11) is -2.06. The molecule has 1 aromatic heterocycles. The summed E-state index contributed by atoms with van der Waals surface area (Å²) in [4.78, 5) is 4.73. The number of nitrogens with one attached hydrogen (secondary N) is 1. The number of sulfonamides is 1. The van der Waals surface area contributed by atoms with Crippen molar-refractivity contribution in [2.24, 2.45) is 5.10 Å². The highest BCUT2D eigenvalue weighted by molar-refractivity contribution is 7.89. The Bertz CT molecular complexity index is 1170. The van der Waals surface area contributed by atoms with Gasteiger partial charge in [0.1, 0.15) is 0 Å². The van der Waals surface area contributed by atoms with E-state index in [1.54, 1.807) is 36.5 Å². The van der Waals surface area contributed by atoms with E-state index in [-0.39, 0.29) is 10.6 Å². The summed E-state index contributed by atoms with van der Waals surface area (Å²) in [5.74, 6) is 0.419. The fourth-order valence-corrected chi connectivity index (χ4v) is 5.10. The van der Waals surface area contributed by atoms with Gasteiger partial charge in [-0.2, -0.15) is 9.41 Å². The number of aromatic hydroxyl groups is 1. The van der Waals surface area contributed by atoms with E-state index in [1.165, 1.54) is 28.8 Å². The molecule has 0 spiro atoms. The zero-order chi connectivity index (χ0) is 22.4. The van der Waals surface area contributed by atoms with Crippen LogP contribution in [0, 0.1) is 0 Å². The number of thiazole rings is 1. The minimum Gasteiger partial charge on any atom is -0.504 e. The molecule has 0 fully saturated rings. The number of hydrogen-bond acceptors (Lipinski definition) is 8. The molecular formula is C21H24N4O4S2. The lowest BCUT2D eigenvalue weighted by Crippen LogP contribution is -2.30. The number of benzene rings is 2. The lowest BCUT2D eigenvalue weighted by molar-refractivity contribution is 0.373. The number of ether oxygens (including phenoxy) is 1. The quantitative estimate of drug-likeness (QED) is 0.369. The predicted octanol–water partition coefficient (Wildman–Crippen LogP) is 4.00. The van der Waals surface area contributed by atoms with Gasteiger partial charge in [0.15, 0.2) is 11.5 Å². The molecule has 0 unspecified atom stereocenters. The third kappa shape index (κ3) is 5.22. The van der Waals surface area contributed by atoms with E-state index in [4.69, 9.17) is 4.74 Å². The molecule has 8 nitrogen and oxygen atoms in total. The van der Waals surface area contributed by atoms with E-state index in [1.807, 2.05) is 25.3 Å². The molecule has 0 amide bonds. The van der Waals surface area contributed by atoms with Gasteiger partial charge in [-0.25, -0.2) is 13.4 Å². The van der Waals surface area contributed by atoms with E-state index >= 15 is 0 Å². The second-order valence-corrected chi connectivity index (χ2v) is 9.25. The number of phenols is 1. The van der Waals surface area contributed by atoms with Gasteiger partial charge in [-0.05, 0) is 35.9 Å². The number of aromatic nitrogens is 1. The Morgan fingerprint density at radius 1 is 1.23 bits per heavy atom. The molecule has 0 aliphatic carbocycles. The Labute approximate surface area is 185 Å². The minimum absolute atomic E-state index is 0.0578. The second kappa shape index (κ2) is 9.90. The molecule has 2 N–H and O–H groups in total. The van der Waals surface area contributed by atoms with Crippen molar-refractivity contribution in [3.63, 3.8) is 0 Å². The molecule has 1 heterocycles. The first-order valence-corrected chi connectivity index (χ1v) is 11.9. The maximum atomic E-state index is 12.8. The molecule has 0 bridgehead atoms. The van der Waals surface area contributed by atoms with Crippen molar-refractivity contribution in [2.45, 2.75) is 18.7 Å². The minimum atomic E-state index is -3.54. The smallest absolute Gasteiger partial charge is 0.243 e. The number of nitrogens with zero attached hydrogens (tertiary/aromatic N) is 3. The Morgan fingerprint density at radius 2 is 2.00 bits per heavy atom. The van der Waals surface area contributed by atoms with Gasteiger partial charge in [0.2, 0.25) is 15.2 Å². The Balaban J connectivity index is 1.75. The average molecular weight is 461 g/mol. The first-order chi connectivity index (χ1) is 14.9. The van der Waals surface area contributed by atoms with Gasteiger partial charge in [0.25, 0.3) is 0 Å². The third-order valence-electron chi connectivity index (χ3n) is 4.55. The summed E-state index contributed by atoms with van der Waals surface area (Å²) in [5, 5.41) is 16.2.